The number of carbonyl (C=O) groups excluding carboxylic acids is 2. The van der Waals surface area contributed by atoms with E-state index in [0.717, 1.165) is 5.56 Å². The maximum absolute atomic E-state index is 15.3. The molecule has 3 atom stereocenters. The summed E-state index contributed by atoms with van der Waals surface area (Å²) in [5, 5.41) is 7.36. The van der Waals surface area contributed by atoms with E-state index in [-0.39, 0.29) is 36.2 Å². The Morgan fingerprint density at radius 3 is 2.52 bits per heavy atom. The Balaban J connectivity index is 1.58. The Hall–Kier alpha value is -3.37. The molecule has 238 valence electrons. The Bertz CT molecular complexity index is 1370. The fraction of sp³-hybridized carbons (Fsp3) is 0.562. The summed E-state index contributed by atoms with van der Waals surface area (Å²) in [5.41, 5.74) is 9.28. The van der Waals surface area contributed by atoms with Crippen LogP contribution < -0.4 is 5.32 Å². The molecule has 2 aliphatic heterocycles. The molecule has 2 aliphatic rings. The van der Waals surface area contributed by atoms with Crippen LogP contribution in [0.1, 0.15) is 70.9 Å². The van der Waals surface area contributed by atoms with Crippen molar-refractivity contribution < 1.29 is 28.2 Å². The maximum atomic E-state index is 15.3. The van der Waals surface area contributed by atoms with Crippen LogP contribution in [-0.4, -0.2) is 60.1 Å². The highest BCUT2D eigenvalue weighted by atomic mass is 35.5. The molecule has 4 rings (SSSR count). The summed E-state index contributed by atoms with van der Waals surface area (Å²) in [7, 11) is 0. The summed E-state index contributed by atoms with van der Waals surface area (Å²) >= 11 is 6.14. The summed E-state index contributed by atoms with van der Waals surface area (Å²) < 4.78 is 32.4. The van der Waals surface area contributed by atoms with Crippen LogP contribution >= 0.6 is 11.6 Å². The third kappa shape index (κ3) is 8.21. The molecule has 0 bridgehead atoms. The number of anilines is 1. The number of halogens is 2. The second kappa shape index (κ2) is 14.2. The van der Waals surface area contributed by atoms with Crippen LogP contribution in [0.25, 0.3) is 10.4 Å². The van der Waals surface area contributed by atoms with Crippen molar-refractivity contribution in [1.82, 2.24) is 4.90 Å². The van der Waals surface area contributed by atoms with E-state index in [1.807, 2.05) is 12.1 Å². The van der Waals surface area contributed by atoms with Gasteiger partial charge in [-0.15, -0.1) is 0 Å². The van der Waals surface area contributed by atoms with E-state index in [0.29, 0.717) is 37.5 Å². The quantitative estimate of drug-likeness (QED) is 0.173. The van der Waals surface area contributed by atoms with Crippen molar-refractivity contribution in [2.24, 2.45) is 11.0 Å². The number of hydrogen-bond acceptors (Lipinski definition) is 6. The van der Waals surface area contributed by atoms with E-state index < -0.39 is 41.1 Å². The predicted molar refractivity (Wildman–Crippen MR) is 166 cm³/mol. The minimum absolute atomic E-state index is 0.0164. The number of hydrogen-bond donors (Lipinski definition) is 1. The van der Waals surface area contributed by atoms with E-state index in [1.54, 1.807) is 57.7 Å². The van der Waals surface area contributed by atoms with Crippen molar-refractivity contribution in [3.05, 3.63) is 74.9 Å². The van der Waals surface area contributed by atoms with Gasteiger partial charge in [-0.2, -0.15) is 0 Å². The Labute approximate surface area is 262 Å². The number of benzene rings is 2. The molecule has 2 amide bonds. The van der Waals surface area contributed by atoms with Crippen LogP contribution in [0.3, 0.4) is 0 Å². The van der Waals surface area contributed by atoms with Gasteiger partial charge in [-0.25, -0.2) is 9.18 Å². The van der Waals surface area contributed by atoms with Gasteiger partial charge in [0.25, 0.3) is 0 Å². The van der Waals surface area contributed by atoms with Gasteiger partial charge >= 0.3 is 6.09 Å². The van der Waals surface area contributed by atoms with Gasteiger partial charge in [-0.1, -0.05) is 34.9 Å². The topological polar surface area (TPSA) is 126 Å². The van der Waals surface area contributed by atoms with Crippen molar-refractivity contribution in [3.63, 3.8) is 0 Å². The molecule has 1 N–H and O–H groups in total. The van der Waals surface area contributed by atoms with Crippen molar-refractivity contribution in [3.8, 4) is 0 Å². The van der Waals surface area contributed by atoms with Gasteiger partial charge in [0.1, 0.15) is 23.2 Å². The van der Waals surface area contributed by atoms with Gasteiger partial charge in [0, 0.05) is 40.3 Å². The van der Waals surface area contributed by atoms with E-state index in [9.17, 15) is 15.1 Å². The highest BCUT2D eigenvalue weighted by molar-refractivity contribution is 6.30. The van der Waals surface area contributed by atoms with Gasteiger partial charge < -0.3 is 19.5 Å². The number of azide groups is 1. The number of ether oxygens (including phenoxy) is 3. The molecule has 0 aromatic heterocycles. The number of rotatable bonds is 9. The molecule has 12 heteroatoms. The Morgan fingerprint density at radius 1 is 1.20 bits per heavy atom. The molecule has 2 aromatic carbocycles. The highest BCUT2D eigenvalue weighted by Crippen LogP contribution is 2.38. The smallest absolute Gasteiger partial charge is 0.412 e. The van der Waals surface area contributed by atoms with Gasteiger partial charge in [0.15, 0.2) is 0 Å². The summed E-state index contributed by atoms with van der Waals surface area (Å²) in [5.74, 6) is -1.46. The van der Waals surface area contributed by atoms with Gasteiger partial charge in [-0.3, -0.25) is 9.69 Å². The summed E-state index contributed by atoms with van der Waals surface area (Å²) in [6.45, 7) is 10.3. The predicted octanol–water partition coefficient (Wildman–Crippen LogP) is 7.61. The summed E-state index contributed by atoms with van der Waals surface area (Å²) in [6, 6.07) is 10.1. The minimum atomic E-state index is -1.10. The minimum Gasteiger partial charge on any atom is -0.444 e. The number of nitrogens with one attached hydrogen (secondary N) is 1. The molecule has 0 unspecified atom stereocenters. The average Bonchev–Trinajstić information content (AvgIpc) is 3.27. The van der Waals surface area contributed by atoms with Crippen LogP contribution in [0, 0.1) is 11.7 Å². The van der Waals surface area contributed by atoms with E-state index in [1.165, 1.54) is 12.1 Å². The maximum Gasteiger partial charge on any atom is 0.412 e. The first kappa shape index (κ1) is 33.5. The van der Waals surface area contributed by atoms with E-state index in [4.69, 9.17) is 25.8 Å². The fourth-order valence-electron chi connectivity index (χ4n) is 6.04. The molecule has 0 aliphatic carbocycles. The summed E-state index contributed by atoms with van der Waals surface area (Å²) in [6.07, 6.45) is 1.44. The molecule has 10 nitrogen and oxygen atoms in total. The third-order valence-corrected chi connectivity index (χ3v) is 8.33. The Kier molecular flexibility index (Phi) is 10.8. The van der Waals surface area contributed by atoms with Gasteiger partial charge in [0.2, 0.25) is 5.91 Å². The fourth-order valence-corrected chi connectivity index (χ4v) is 6.16. The molecular formula is C32H41ClFN5O5. The molecular weight excluding hydrogens is 589 g/mol. The van der Waals surface area contributed by atoms with Gasteiger partial charge in [0.05, 0.1) is 12.6 Å². The van der Waals surface area contributed by atoms with Crippen molar-refractivity contribution >= 4 is 29.3 Å². The second-order valence-corrected chi connectivity index (χ2v) is 13.2. The normalized spacial score (nSPS) is 20.0. The number of nitrogens with zero attached hydrogens (tertiary/aromatic N) is 4. The van der Waals surface area contributed by atoms with Crippen LogP contribution in [0.15, 0.2) is 47.6 Å². The second-order valence-electron chi connectivity index (χ2n) is 12.7. The number of carbonyl (C=O) groups is 2. The van der Waals surface area contributed by atoms with Crippen molar-refractivity contribution in [1.29, 1.82) is 0 Å². The zero-order chi connectivity index (χ0) is 32.1. The van der Waals surface area contributed by atoms with Crippen LogP contribution in [-0.2, 0) is 25.4 Å². The first-order chi connectivity index (χ1) is 20.8. The van der Waals surface area contributed by atoms with Crippen LogP contribution in [0.5, 0.6) is 0 Å². The zero-order valence-electron chi connectivity index (χ0n) is 25.9. The van der Waals surface area contributed by atoms with E-state index in [2.05, 4.69) is 15.3 Å². The lowest BCUT2D eigenvalue weighted by atomic mass is 9.76. The lowest BCUT2D eigenvalue weighted by molar-refractivity contribution is -0.118. The SMILES string of the molecule is CC(C)(C)OC(=O)N1[C@@H](CCc2c(F)cccc2NC(=O)[C@@H](N=[N+]=[N-])[C@@H](c2ccc(Cl)cc2)C2CCOCC2)COC1(C)C. The molecule has 0 saturated carbocycles. The molecule has 2 aromatic rings. The first-order valence-corrected chi connectivity index (χ1v) is 15.3. The van der Waals surface area contributed by atoms with Crippen LogP contribution in [0.2, 0.25) is 5.02 Å². The van der Waals surface area contributed by atoms with Gasteiger partial charge in [-0.05, 0) is 102 Å². The van der Waals surface area contributed by atoms with Crippen LogP contribution in [0.4, 0.5) is 14.9 Å². The number of amides is 2. The third-order valence-electron chi connectivity index (χ3n) is 8.08. The lowest BCUT2D eigenvalue weighted by Crippen LogP contribution is -2.50. The molecule has 2 fully saturated rings. The Morgan fingerprint density at radius 2 is 1.89 bits per heavy atom. The summed E-state index contributed by atoms with van der Waals surface area (Å²) in [4.78, 5) is 31.5. The molecule has 0 spiro atoms. The zero-order valence-corrected chi connectivity index (χ0v) is 26.6. The molecule has 2 saturated heterocycles. The van der Waals surface area contributed by atoms with Crippen molar-refractivity contribution in [2.75, 3.05) is 25.1 Å². The monoisotopic (exact) mass is 629 g/mol. The molecule has 2 heterocycles. The average molecular weight is 630 g/mol. The molecule has 0 radical (unpaired) electrons. The largest absolute Gasteiger partial charge is 0.444 e. The van der Waals surface area contributed by atoms with E-state index >= 15 is 4.39 Å². The lowest BCUT2D eigenvalue weighted by Gasteiger charge is -2.35. The first-order valence-electron chi connectivity index (χ1n) is 14.9. The molecule has 44 heavy (non-hydrogen) atoms. The van der Waals surface area contributed by atoms with Crippen molar-refractivity contribution in [2.45, 2.75) is 89.6 Å². The highest BCUT2D eigenvalue weighted by Gasteiger charge is 2.45. The standard InChI is InChI=1S/C32H41ClFN5O5/c1-31(2,3)44-30(41)39-23(19-43-32(39,4)5)13-14-24-25(34)7-6-8-26(24)36-29(40)28(37-38-35)27(21-15-17-42-18-16-21)20-9-11-22(33)12-10-20/h6-12,21,23,27-28H,13-19H2,1-5H3,(H,36,40)/t23-,27-,28-/m0/s1.